The van der Waals surface area contributed by atoms with Gasteiger partial charge < -0.3 is 16.8 Å². The standard InChI is InChI=1S/C12H19N3OS/c1-6(2)5-15-12-8(7-3-4-7)9(13)10(17-12)11(14)16/h6-7,15H,3-5,13H2,1-2H3,(H2,14,16). The molecular weight excluding hydrogens is 234 g/mol. The van der Waals surface area contributed by atoms with Crippen LogP contribution in [-0.2, 0) is 0 Å². The first-order chi connectivity index (χ1) is 8.00. The Morgan fingerprint density at radius 1 is 1.53 bits per heavy atom. The maximum atomic E-state index is 11.3. The number of primary amides is 1. The largest absolute Gasteiger partial charge is 0.397 e. The normalized spacial score (nSPS) is 15.2. The molecule has 2 rings (SSSR count). The van der Waals surface area contributed by atoms with Crippen molar-refractivity contribution in [3.63, 3.8) is 0 Å². The molecule has 0 bridgehead atoms. The zero-order chi connectivity index (χ0) is 12.6. The van der Waals surface area contributed by atoms with Gasteiger partial charge in [0.25, 0.3) is 5.91 Å². The number of amides is 1. The minimum atomic E-state index is -0.424. The van der Waals surface area contributed by atoms with Crippen LogP contribution in [-0.4, -0.2) is 12.5 Å². The summed E-state index contributed by atoms with van der Waals surface area (Å²) in [7, 11) is 0. The Morgan fingerprint density at radius 2 is 2.18 bits per heavy atom. The molecule has 0 aromatic carbocycles. The van der Waals surface area contributed by atoms with Crippen LogP contribution in [0.3, 0.4) is 0 Å². The van der Waals surface area contributed by atoms with Crippen molar-refractivity contribution in [1.29, 1.82) is 0 Å². The van der Waals surface area contributed by atoms with Crippen LogP contribution < -0.4 is 16.8 Å². The highest BCUT2D eigenvalue weighted by atomic mass is 32.1. The van der Waals surface area contributed by atoms with Crippen LogP contribution >= 0.6 is 11.3 Å². The van der Waals surface area contributed by atoms with Crippen LogP contribution in [0.15, 0.2) is 0 Å². The van der Waals surface area contributed by atoms with E-state index in [1.807, 2.05) is 0 Å². The third-order valence-corrected chi connectivity index (χ3v) is 4.06. The minimum absolute atomic E-state index is 0.424. The van der Waals surface area contributed by atoms with E-state index in [4.69, 9.17) is 11.5 Å². The quantitative estimate of drug-likeness (QED) is 0.753. The second-order valence-corrected chi connectivity index (χ2v) is 6.02. The van der Waals surface area contributed by atoms with Gasteiger partial charge in [0.15, 0.2) is 0 Å². The fourth-order valence-electron chi connectivity index (χ4n) is 1.85. The summed E-state index contributed by atoms with van der Waals surface area (Å²) in [5.74, 6) is 0.656. The maximum Gasteiger partial charge on any atom is 0.260 e. The second-order valence-electron chi connectivity index (χ2n) is 5.00. The van der Waals surface area contributed by atoms with Gasteiger partial charge in [0.2, 0.25) is 0 Å². The average Bonchev–Trinajstić information content (AvgIpc) is 3.00. The van der Waals surface area contributed by atoms with Gasteiger partial charge in [0.1, 0.15) is 4.88 Å². The number of carbonyl (C=O) groups is 1. The molecule has 94 valence electrons. The van der Waals surface area contributed by atoms with Crippen molar-refractivity contribution < 1.29 is 4.79 Å². The first-order valence-electron chi connectivity index (χ1n) is 5.96. The Hall–Kier alpha value is -1.23. The number of anilines is 2. The summed E-state index contributed by atoms with van der Waals surface area (Å²) in [5, 5.41) is 4.42. The molecule has 1 saturated carbocycles. The Labute approximate surface area is 105 Å². The lowest BCUT2D eigenvalue weighted by Crippen LogP contribution is -2.11. The summed E-state index contributed by atoms with van der Waals surface area (Å²) in [4.78, 5) is 11.8. The highest BCUT2D eigenvalue weighted by Crippen LogP contribution is 2.50. The first kappa shape index (κ1) is 12.2. The molecule has 1 amide bonds. The molecule has 0 aliphatic heterocycles. The fraction of sp³-hybridized carbons (Fsp3) is 0.583. The number of rotatable bonds is 5. The molecule has 0 unspecified atom stereocenters. The lowest BCUT2D eigenvalue weighted by atomic mass is 10.1. The third-order valence-electron chi connectivity index (χ3n) is 2.86. The monoisotopic (exact) mass is 253 g/mol. The molecule has 5 heteroatoms. The van der Waals surface area contributed by atoms with E-state index in [-0.39, 0.29) is 0 Å². The summed E-state index contributed by atoms with van der Waals surface area (Å²) < 4.78 is 0. The van der Waals surface area contributed by atoms with Crippen LogP contribution in [0.25, 0.3) is 0 Å². The zero-order valence-electron chi connectivity index (χ0n) is 10.2. The third kappa shape index (κ3) is 2.54. The highest BCUT2D eigenvalue weighted by molar-refractivity contribution is 7.18. The molecule has 0 atom stereocenters. The molecule has 1 aromatic rings. The van der Waals surface area contributed by atoms with E-state index >= 15 is 0 Å². The van der Waals surface area contributed by atoms with Crippen molar-refractivity contribution in [3.05, 3.63) is 10.4 Å². The van der Waals surface area contributed by atoms with E-state index in [0.29, 0.717) is 22.4 Å². The molecule has 1 aliphatic carbocycles. The van der Waals surface area contributed by atoms with E-state index in [1.54, 1.807) is 0 Å². The fourth-order valence-corrected chi connectivity index (χ4v) is 2.91. The predicted molar refractivity (Wildman–Crippen MR) is 72.6 cm³/mol. The van der Waals surface area contributed by atoms with Gasteiger partial charge in [-0.3, -0.25) is 4.79 Å². The molecule has 1 heterocycles. The topological polar surface area (TPSA) is 81.1 Å². The van der Waals surface area contributed by atoms with E-state index in [2.05, 4.69) is 19.2 Å². The molecular formula is C12H19N3OS. The number of thiophene rings is 1. The number of carbonyl (C=O) groups excluding carboxylic acids is 1. The number of hydrogen-bond acceptors (Lipinski definition) is 4. The summed E-state index contributed by atoms with van der Waals surface area (Å²) >= 11 is 1.39. The molecule has 5 N–H and O–H groups in total. The summed E-state index contributed by atoms with van der Waals surface area (Å²) in [5.41, 5.74) is 13.1. The van der Waals surface area contributed by atoms with Crippen LogP contribution in [0.4, 0.5) is 10.7 Å². The van der Waals surface area contributed by atoms with Gasteiger partial charge in [0, 0.05) is 12.1 Å². The molecule has 0 spiro atoms. The van der Waals surface area contributed by atoms with Gasteiger partial charge >= 0.3 is 0 Å². The molecule has 17 heavy (non-hydrogen) atoms. The van der Waals surface area contributed by atoms with E-state index in [9.17, 15) is 4.79 Å². The van der Waals surface area contributed by atoms with Gasteiger partial charge in [-0.05, 0) is 24.7 Å². The van der Waals surface area contributed by atoms with Crippen molar-refractivity contribution in [2.24, 2.45) is 11.7 Å². The molecule has 1 aliphatic rings. The Balaban J connectivity index is 2.29. The van der Waals surface area contributed by atoms with Crippen molar-refractivity contribution in [1.82, 2.24) is 0 Å². The van der Waals surface area contributed by atoms with Crippen LogP contribution in [0.1, 0.15) is 47.8 Å². The lowest BCUT2D eigenvalue weighted by Gasteiger charge is -2.09. The second kappa shape index (κ2) is 4.56. The molecule has 1 aromatic heterocycles. The molecule has 1 fully saturated rings. The Bertz CT molecular complexity index is 435. The Morgan fingerprint density at radius 3 is 2.65 bits per heavy atom. The van der Waals surface area contributed by atoms with Crippen molar-refractivity contribution in [2.45, 2.75) is 32.6 Å². The van der Waals surface area contributed by atoms with Crippen LogP contribution in [0.5, 0.6) is 0 Å². The first-order valence-corrected chi connectivity index (χ1v) is 6.78. The number of nitrogens with one attached hydrogen (secondary N) is 1. The zero-order valence-corrected chi connectivity index (χ0v) is 11.1. The lowest BCUT2D eigenvalue weighted by molar-refractivity contribution is 0.100. The molecule has 0 saturated heterocycles. The van der Waals surface area contributed by atoms with Crippen molar-refractivity contribution in [3.8, 4) is 0 Å². The van der Waals surface area contributed by atoms with Gasteiger partial charge in [-0.25, -0.2) is 0 Å². The minimum Gasteiger partial charge on any atom is -0.397 e. The summed E-state index contributed by atoms with van der Waals surface area (Å²) in [6.45, 7) is 5.18. The van der Waals surface area contributed by atoms with Crippen LogP contribution in [0.2, 0.25) is 0 Å². The Kier molecular flexibility index (Phi) is 3.28. The van der Waals surface area contributed by atoms with Crippen molar-refractivity contribution >= 4 is 27.9 Å². The maximum absolute atomic E-state index is 11.3. The van der Waals surface area contributed by atoms with Gasteiger partial charge in [-0.2, -0.15) is 0 Å². The average molecular weight is 253 g/mol. The molecule has 0 radical (unpaired) electrons. The van der Waals surface area contributed by atoms with E-state index < -0.39 is 5.91 Å². The summed E-state index contributed by atoms with van der Waals surface area (Å²) in [6.07, 6.45) is 2.32. The number of nitrogens with two attached hydrogens (primary N) is 2. The van der Waals surface area contributed by atoms with E-state index in [1.165, 1.54) is 11.3 Å². The van der Waals surface area contributed by atoms with Gasteiger partial charge in [0.05, 0.1) is 10.7 Å². The molecule has 4 nitrogen and oxygen atoms in total. The van der Waals surface area contributed by atoms with E-state index in [0.717, 1.165) is 30.0 Å². The highest BCUT2D eigenvalue weighted by Gasteiger charge is 2.32. The smallest absolute Gasteiger partial charge is 0.260 e. The number of hydrogen-bond donors (Lipinski definition) is 3. The van der Waals surface area contributed by atoms with Gasteiger partial charge in [-0.1, -0.05) is 13.8 Å². The summed E-state index contributed by atoms with van der Waals surface area (Å²) in [6, 6.07) is 0. The predicted octanol–water partition coefficient (Wildman–Crippen LogP) is 2.37. The van der Waals surface area contributed by atoms with Gasteiger partial charge in [-0.15, -0.1) is 11.3 Å². The number of nitrogen functional groups attached to an aromatic ring is 1. The van der Waals surface area contributed by atoms with Crippen LogP contribution in [0, 0.1) is 5.92 Å². The van der Waals surface area contributed by atoms with Crippen molar-refractivity contribution in [2.75, 3.05) is 17.6 Å². The SMILES string of the molecule is CC(C)CNc1sc(C(N)=O)c(N)c1C1CC1.